The molecule has 5 heteroatoms. The first-order valence-corrected chi connectivity index (χ1v) is 7.33. The third kappa shape index (κ3) is 4.59. The predicted molar refractivity (Wildman–Crippen MR) is 81.2 cm³/mol. The highest BCUT2D eigenvalue weighted by Gasteiger charge is 2.04. The number of hydrogen-bond donors (Lipinski definition) is 1. The molecule has 1 N–H and O–H groups in total. The number of nitrogens with zero attached hydrogens (tertiary/aromatic N) is 1. The van der Waals surface area contributed by atoms with E-state index in [4.69, 9.17) is 4.74 Å². The van der Waals surface area contributed by atoms with Crippen molar-refractivity contribution in [2.75, 3.05) is 17.7 Å². The van der Waals surface area contributed by atoms with Crippen LogP contribution in [-0.4, -0.2) is 23.3 Å². The van der Waals surface area contributed by atoms with E-state index in [0.29, 0.717) is 12.4 Å². The van der Waals surface area contributed by atoms with Gasteiger partial charge in [0.05, 0.1) is 17.4 Å². The molecule has 0 aliphatic rings. The van der Waals surface area contributed by atoms with Gasteiger partial charge in [0.1, 0.15) is 5.75 Å². The highest BCUT2D eigenvalue weighted by Crippen LogP contribution is 2.17. The summed E-state index contributed by atoms with van der Waals surface area (Å²) in [5, 5.41) is 3.68. The van der Waals surface area contributed by atoms with Gasteiger partial charge in [-0.3, -0.25) is 4.79 Å². The second kappa shape index (κ2) is 7.55. The fourth-order valence-electron chi connectivity index (χ4n) is 1.57. The molecule has 20 heavy (non-hydrogen) atoms. The zero-order chi connectivity index (χ0) is 14.2. The summed E-state index contributed by atoms with van der Waals surface area (Å²) in [5.74, 6) is 1.09. The molecule has 0 unspecified atom stereocenters. The summed E-state index contributed by atoms with van der Waals surface area (Å²) in [6, 6.07) is 13.0. The van der Waals surface area contributed by atoms with Crippen molar-refractivity contribution < 1.29 is 9.53 Å². The van der Waals surface area contributed by atoms with Crippen LogP contribution < -0.4 is 10.1 Å². The molecule has 104 valence electrons. The summed E-state index contributed by atoms with van der Waals surface area (Å²) in [5.41, 5.74) is 0.764. The number of pyridine rings is 1. The van der Waals surface area contributed by atoms with Gasteiger partial charge in [-0.15, -0.1) is 0 Å². The van der Waals surface area contributed by atoms with Crippen molar-refractivity contribution in [1.82, 2.24) is 4.98 Å². The molecule has 0 aliphatic heterocycles. The van der Waals surface area contributed by atoms with Crippen LogP contribution in [0.1, 0.15) is 6.92 Å². The van der Waals surface area contributed by atoms with E-state index in [2.05, 4.69) is 10.3 Å². The minimum absolute atomic E-state index is 0.0511. The van der Waals surface area contributed by atoms with Gasteiger partial charge in [-0.1, -0.05) is 17.8 Å². The molecule has 2 rings (SSSR count). The molecule has 0 bridgehead atoms. The normalized spacial score (nSPS) is 10.1. The first-order valence-electron chi connectivity index (χ1n) is 6.34. The zero-order valence-corrected chi connectivity index (χ0v) is 12.0. The summed E-state index contributed by atoms with van der Waals surface area (Å²) in [6.07, 6.45) is 1.71. The number of amides is 1. The number of thioether (sulfide) groups is 1. The van der Waals surface area contributed by atoms with Gasteiger partial charge in [0.15, 0.2) is 0 Å². The largest absolute Gasteiger partial charge is 0.494 e. The molecular weight excluding hydrogens is 272 g/mol. The number of anilines is 1. The number of ether oxygens (including phenoxy) is 1. The lowest BCUT2D eigenvalue weighted by Crippen LogP contribution is -2.14. The van der Waals surface area contributed by atoms with Gasteiger partial charge in [0, 0.05) is 11.9 Å². The minimum Gasteiger partial charge on any atom is -0.494 e. The summed E-state index contributed by atoms with van der Waals surface area (Å²) < 4.78 is 5.35. The number of rotatable bonds is 6. The number of aromatic nitrogens is 1. The van der Waals surface area contributed by atoms with E-state index < -0.39 is 0 Å². The molecular formula is C15H16N2O2S. The average Bonchev–Trinajstić information content (AvgIpc) is 2.49. The topological polar surface area (TPSA) is 51.2 Å². The van der Waals surface area contributed by atoms with Gasteiger partial charge in [-0.2, -0.15) is 0 Å². The quantitative estimate of drug-likeness (QED) is 0.829. The number of hydrogen-bond acceptors (Lipinski definition) is 4. The number of carbonyl (C=O) groups is 1. The maximum absolute atomic E-state index is 11.8. The number of benzene rings is 1. The Morgan fingerprint density at radius 1 is 1.25 bits per heavy atom. The van der Waals surface area contributed by atoms with E-state index in [1.165, 1.54) is 11.8 Å². The molecule has 0 aliphatic carbocycles. The maximum atomic E-state index is 11.8. The van der Waals surface area contributed by atoms with E-state index >= 15 is 0 Å². The predicted octanol–water partition coefficient (Wildman–Crippen LogP) is 3.21. The average molecular weight is 288 g/mol. The van der Waals surface area contributed by atoms with Crippen LogP contribution in [0.2, 0.25) is 0 Å². The molecule has 0 spiro atoms. The fourth-order valence-corrected chi connectivity index (χ4v) is 2.23. The van der Waals surface area contributed by atoms with E-state index in [-0.39, 0.29) is 5.91 Å². The monoisotopic (exact) mass is 288 g/mol. The molecule has 1 amide bonds. The molecule has 0 saturated carbocycles. The van der Waals surface area contributed by atoms with Crippen LogP contribution >= 0.6 is 11.8 Å². The summed E-state index contributed by atoms with van der Waals surface area (Å²) >= 11 is 1.41. The number of nitrogens with one attached hydrogen (secondary N) is 1. The van der Waals surface area contributed by atoms with Crippen molar-refractivity contribution in [2.24, 2.45) is 0 Å². The van der Waals surface area contributed by atoms with Crippen molar-refractivity contribution in [3.8, 4) is 5.75 Å². The third-order valence-corrected chi connectivity index (χ3v) is 3.38. The third-order valence-electron chi connectivity index (χ3n) is 2.44. The smallest absolute Gasteiger partial charge is 0.234 e. The molecule has 1 aromatic carbocycles. The summed E-state index contributed by atoms with van der Waals surface area (Å²) in [6.45, 7) is 2.57. The molecule has 0 atom stereocenters. The Labute approximate surface area is 122 Å². The van der Waals surface area contributed by atoms with Crippen LogP contribution in [0.25, 0.3) is 0 Å². The highest BCUT2D eigenvalue weighted by atomic mass is 32.2. The highest BCUT2D eigenvalue weighted by molar-refractivity contribution is 7.99. The van der Waals surface area contributed by atoms with Crippen LogP contribution in [0.15, 0.2) is 53.7 Å². The van der Waals surface area contributed by atoms with Gasteiger partial charge in [0.2, 0.25) is 5.91 Å². The Bertz CT molecular complexity index is 544. The minimum atomic E-state index is -0.0511. The van der Waals surface area contributed by atoms with Crippen molar-refractivity contribution >= 4 is 23.4 Å². The number of carbonyl (C=O) groups excluding carboxylic acids is 1. The summed E-state index contributed by atoms with van der Waals surface area (Å²) in [4.78, 5) is 16.0. The van der Waals surface area contributed by atoms with Gasteiger partial charge in [0.25, 0.3) is 0 Å². The molecule has 1 aromatic heterocycles. The van der Waals surface area contributed by atoms with Crippen molar-refractivity contribution in [2.45, 2.75) is 11.9 Å². The molecule has 2 aromatic rings. The van der Waals surface area contributed by atoms with Crippen molar-refractivity contribution in [1.29, 1.82) is 0 Å². The van der Waals surface area contributed by atoms with E-state index in [1.54, 1.807) is 6.20 Å². The molecule has 0 saturated heterocycles. The van der Waals surface area contributed by atoms with Crippen LogP contribution in [0, 0.1) is 0 Å². The second-order valence-corrected chi connectivity index (χ2v) is 4.96. The Morgan fingerprint density at radius 3 is 2.70 bits per heavy atom. The van der Waals surface area contributed by atoms with Gasteiger partial charge >= 0.3 is 0 Å². The Kier molecular flexibility index (Phi) is 5.43. The lowest BCUT2D eigenvalue weighted by molar-refractivity contribution is -0.113. The van der Waals surface area contributed by atoms with E-state index in [0.717, 1.165) is 16.5 Å². The van der Waals surface area contributed by atoms with Crippen LogP contribution in [0.3, 0.4) is 0 Å². The maximum Gasteiger partial charge on any atom is 0.234 e. The molecule has 1 heterocycles. The fraction of sp³-hybridized carbons (Fsp3) is 0.200. The van der Waals surface area contributed by atoms with Crippen LogP contribution in [0.5, 0.6) is 5.75 Å². The standard InChI is InChI=1S/C15H16N2O2S/c1-2-19-13-8-6-12(7-9-13)17-14(18)11-20-15-5-3-4-10-16-15/h3-10H,2,11H2,1H3,(H,17,18). The Hall–Kier alpha value is -2.01. The molecule has 0 fully saturated rings. The first-order chi connectivity index (χ1) is 9.78. The van der Waals surface area contributed by atoms with Crippen molar-refractivity contribution in [3.05, 3.63) is 48.7 Å². The van der Waals surface area contributed by atoms with Crippen LogP contribution in [0.4, 0.5) is 5.69 Å². The van der Waals surface area contributed by atoms with Crippen molar-refractivity contribution in [3.63, 3.8) is 0 Å². The van der Waals surface area contributed by atoms with E-state index in [9.17, 15) is 4.79 Å². The molecule has 0 radical (unpaired) electrons. The second-order valence-electron chi connectivity index (χ2n) is 3.96. The van der Waals surface area contributed by atoms with Gasteiger partial charge in [-0.25, -0.2) is 4.98 Å². The molecule has 4 nitrogen and oxygen atoms in total. The van der Waals surface area contributed by atoms with Gasteiger partial charge < -0.3 is 10.1 Å². The Morgan fingerprint density at radius 2 is 2.05 bits per heavy atom. The lowest BCUT2D eigenvalue weighted by Gasteiger charge is -2.06. The Balaban J connectivity index is 1.82. The lowest BCUT2D eigenvalue weighted by atomic mass is 10.3. The van der Waals surface area contributed by atoms with Crippen LogP contribution in [-0.2, 0) is 4.79 Å². The summed E-state index contributed by atoms with van der Waals surface area (Å²) in [7, 11) is 0. The first kappa shape index (κ1) is 14.4. The van der Waals surface area contributed by atoms with E-state index in [1.807, 2.05) is 49.4 Å². The zero-order valence-electron chi connectivity index (χ0n) is 11.2. The SMILES string of the molecule is CCOc1ccc(NC(=O)CSc2ccccn2)cc1. The van der Waals surface area contributed by atoms with Gasteiger partial charge in [-0.05, 0) is 43.3 Å².